The summed E-state index contributed by atoms with van der Waals surface area (Å²) in [5.74, 6) is 0. The molecule has 80 valence electrons. The monoisotopic (exact) mass is 217 g/mol. The molecule has 2 heterocycles. The van der Waals surface area contributed by atoms with E-state index in [9.17, 15) is 14.9 Å². The number of rotatable bonds is 2. The Hall–Kier alpha value is -2.50. The molecule has 0 aromatic carbocycles. The minimum absolute atomic E-state index is 0.471. The van der Waals surface area contributed by atoms with Crippen molar-refractivity contribution in [1.29, 1.82) is 0 Å². The Balaban J connectivity index is 2.57. The van der Waals surface area contributed by atoms with Gasteiger partial charge in [0.15, 0.2) is 0 Å². The number of H-pyrrole nitrogens is 1. The lowest BCUT2D eigenvalue weighted by Crippen LogP contribution is -2.10. The summed E-state index contributed by atoms with van der Waals surface area (Å²) < 4.78 is 0. The molecule has 0 spiro atoms. The molecule has 0 atom stereocenters. The molecule has 1 N–H and O–H groups in total. The summed E-state index contributed by atoms with van der Waals surface area (Å²) in [5, 5.41) is 10.6. The molecule has 0 aliphatic heterocycles. The highest BCUT2D eigenvalue weighted by molar-refractivity contribution is 5.63. The van der Waals surface area contributed by atoms with E-state index in [0.717, 1.165) is 0 Å². The van der Waals surface area contributed by atoms with Gasteiger partial charge in [-0.2, -0.15) is 0 Å². The van der Waals surface area contributed by atoms with Gasteiger partial charge in [0.05, 0.1) is 4.92 Å². The molecule has 2 aromatic rings. The average Bonchev–Trinajstić information content (AvgIpc) is 2.30. The first-order valence-electron chi connectivity index (χ1n) is 4.46. The van der Waals surface area contributed by atoms with Crippen LogP contribution in [0.4, 0.5) is 5.69 Å². The SMILES string of the molecule is O=c1[nH]cc(-c2cccnc2)cc1[N+](=O)[O-]. The summed E-state index contributed by atoms with van der Waals surface area (Å²) in [6.45, 7) is 0. The van der Waals surface area contributed by atoms with Crippen LogP contribution < -0.4 is 5.56 Å². The van der Waals surface area contributed by atoms with E-state index in [1.165, 1.54) is 12.3 Å². The molecular formula is C10H7N3O3. The van der Waals surface area contributed by atoms with Crippen molar-refractivity contribution in [2.45, 2.75) is 0 Å². The second-order valence-electron chi connectivity index (χ2n) is 3.10. The summed E-state index contributed by atoms with van der Waals surface area (Å²) in [4.78, 5) is 27.2. The van der Waals surface area contributed by atoms with Gasteiger partial charge in [0, 0.05) is 35.8 Å². The predicted octanol–water partition coefficient (Wildman–Crippen LogP) is 1.35. The van der Waals surface area contributed by atoms with Gasteiger partial charge in [-0.1, -0.05) is 6.07 Å². The number of pyridine rings is 2. The van der Waals surface area contributed by atoms with E-state index < -0.39 is 16.2 Å². The van der Waals surface area contributed by atoms with E-state index in [-0.39, 0.29) is 0 Å². The summed E-state index contributed by atoms with van der Waals surface area (Å²) >= 11 is 0. The minimum Gasteiger partial charge on any atom is -0.323 e. The summed E-state index contributed by atoms with van der Waals surface area (Å²) in [6, 6.07) is 4.70. The molecule has 0 saturated heterocycles. The zero-order chi connectivity index (χ0) is 11.5. The van der Waals surface area contributed by atoms with E-state index in [4.69, 9.17) is 0 Å². The van der Waals surface area contributed by atoms with Crippen molar-refractivity contribution >= 4 is 5.69 Å². The molecule has 0 amide bonds. The van der Waals surface area contributed by atoms with Crippen LogP contribution in [0.3, 0.4) is 0 Å². The van der Waals surface area contributed by atoms with Crippen molar-refractivity contribution in [3.63, 3.8) is 0 Å². The number of nitrogens with zero attached hydrogens (tertiary/aromatic N) is 2. The molecule has 2 rings (SSSR count). The minimum atomic E-state index is -0.711. The first-order valence-corrected chi connectivity index (χ1v) is 4.46. The van der Waals surface area contributed by atoms with E-state index >= 15 is 0 Å². The highest BCUT2D eigenvalue weighted by Gasteiger charge is 2.13. The van der Waals surface area contributed by atoms with Gasteiger partial charge in [-0.25, -0.2) is 0 Å². The average molecular weight is 217 g/mol. The normalized spacial score (nSPS) is 10.0. The third-order valence-corrected chi connectivity index (χ3v) is 2.08. The second-order valence-corrected chi connectivity index (χ2v) is 3.10. The fourth-order valence-electron chi connectivity index (χ4n) is 1.31. The van der Waals surface area contributed by atoms with E-state index in [1.54, 1.807) is 24.5 Å². The standard InChI is InChI=1S/C10H7N3O3/c14-10-9(13(15)16)4-8(6-12-10)7-2-1-3-11-5-7/h1-6H,(H,12,14). The third-order valence-electron chi connectivity index (χ3n) is 2.08. The van der Waals surface area contributed by atoms with E-state index in [0.29, 0.717) is 11.1 Å². The van der Waals surface area contributed by atoms with Gasteiger partial charge >= 0.3 is 11.2 Å². The number of nitro groups is 1. The first kappa shape index (κ1) is 10.0. The van der Waals surface area contributed by atoms with Crippen molar-refractivity contribution < 1.29 is 4.92 Å². The maximum atomic E-state index is 11.1. The molecule has 0 bridgehead atoms. The lowest BCUT2D eigenvalue weighted by molar-refractivity contribution is -0.386. The van der Waals surface area contributed by atoms with Gasteiger partial charge in [-0.05, 0) is 6.07 Å². The van der Waals surface area contributed by atoms with Crippen molar-refractivity contribution in [2.24, 2.45) is 0 Å². The van der Waals surface area contributed by atoms with Crippen molar-refractivity contribution in [2.75, 3.05) is 0 Å². The fraction of sp³-hybridized carbons (Fsp3) is 0. The molecule has 6 heteroatoms. The van der Waals surface area contributed by atoms with E-state index in [1.807, 2.05) is 0 Å². The predicted molar refractivity (Wildman–Crippen MR) is 56.9 cm³/mol. The fourth-order valence-corrected chi connectivity index (χ4v) is 1.31. The van der Waals surface area contributed by atoms with Crippen molar-refractivity contribution in [3.05, 3.63) is 57.3 Å². The van der Waals surface area contributed by atoms with Crippen LogP contribution in [-0.2, 0) is 0 Å². The smallest absolute Gasteiger partial charge is 0.323 e. The maximum absolute atomic E-state index is 11.1. The molecule has 0 aliphatic rings. The number of nitrogens with one attached hydrogen (secondary N) is 1. The Bertz CT molecular complexity index is 577. The number of hydrogen-bond acceptors (Lipinski definition) is 4. The van der Waals surface area contributed by atoms with Crippen LogP contribution in [0.15, 0.2) is 41.6 Å². The van der Waals surface area contributed by atoms with Gasteiger partial charge in [0.1, 0.15) is 0 Å². The van der Waals surface area contributed by atoms with Crippen molar-refractivity contribution in [1.82, 2.24) is 9.97 Å². The van der Waals surface area contributed by atoms with Crippen LogP contribution in [0.5, 0.6) is 0 Å². The Kier molecular flexibility index (Phi) is 2.47. The van der Waals surface area contributed by atoms with Gasteiger partial charge in [0.2, 0.25) is 0 Å². The summed E-state index contributed by atoms with van der Waals surface area (Å²) in [5.41, 5.74) is 0.0836. The summed E-state index contributed by atoms with van der Waals surface area (Å²) in [7, 11) is 0. The Morgan fingerprint density at radius 3 is 2.81 bits per heavy atom. The Morgan fingerprint density at radius 2 is 2.19 bits per heavy atom. The molecule has 0 unspecified atom stereocenters. The molecule has 16 heavy (non-hydrogen) atoms. The third kappa shape index (κ3) is 1.81. The molecule has 0 aliphatic carbocycles. The topological polar surface area (TPSA) is 88.9 Å². The number of hydrogen-bond donors (Lipinski definition) is 1. The van der Waals surface area contributed by atoms with Crippen LogP contribution in [0.25, 0.3) is 11.1 Å². The largest absolute Gasteiger partial charge is 0.334 e. The van der Waals surface area contributed by atoms with Gasteiger partial charge in [-0.15, -0.1) is 0 Å². The van der Waals surface area contributed by atoms with Crippen LogP contribution in [-0.4, -0.2) is 14.9 Å². The first-order chi connectivity index (χ1) is 7.68. The zero-order valence-electron chi connectivity index (χ0n) is 8.08. The van der Waals surface area contributed by atoms with Crippen LogP contribution in [0, 0.1) is 10.1 Å². The van der Waals surface area contributed by atoms with Crippen LogP contribution in [0.1, 0.15) is 0 Å². The lowest BCUT2D eigenvalue weighted by atomic mass is 10.1. The molecule has 0 fully saturated rings. The highest BCUT2D eigenvalue weighted by atomic mass is 16.6. The van der Waals surface area contributed by atoms with Crippen molar-refractivity contribution in [3.8, 4) is 11.1 Å². The quantitative estimate of drug-likeness (QED) is 0.607. The van der Waals surface area contributed by atoms with E-state index in [2.05, 4.69) is 9.97 Å². The molecular weight excluding hydrogens is 210 g/mol. The summed E-state index contributed by atoms with van der Waals surface area (Å²) in [6.07, 6.45) is 4.59. The molecule has 2 aromatic heterocycles. The highest BCUT2D eigenvalue weighted by Crippen LogP contribution is 2.18. The molecule has 0 saturated carbocycles. The number of aromatic amines is 1. The Labute approximate surface area is 89.7 Å². The van der Waals surface area contributed by atoms with Crippen LogP contribution in [0.2, 0.25) is 0 Å². The molecule has 0 radical (unpaired) electrons. The second kappa shape index (κ2) is 3.93. The lowest BCUT2D eigenvalue weighted by Gasteiger charge is -1.99. The van der Waals surface area contributed by atoms with Gasteiger partial charge in [0.25, 0.3) is 0 Å². The Morgan fingerprint density at radius 1 is 1.38 bits per heavy atom. The van der Waals surface area contributed by atoms with Gasteiger partial charge < -0.3 is 4.98 Å². The van der Waals surface area contributed by atoms with Gasteiger partial charge in [-0.3, -0.25) is 19.9 Å². The molecule has 6 nitrogen and oxygen atoms in total. The maximum Gasteiger partial charge on any atom is 0.334 e. The zero-order valence-corrected chi connectivity index (χ0v) is 8.08. The number of aromatic nitrogens is 2. The van der Waals surface area contributed by atoms with Crippen LogP contribution >= 0.6 is 0 Å².